The first kappa shape index (κ1) is 16.6. The summed E-state index contributed by atoms with van der Waals surface area (Å²) in [5, 5.41) is 20.6. The third-order valence-corrected chi connectivity index (χ3v) is 3.53. The number of nitro groups is 1. The van der Waals surface area contributed by atoms with Gasteiger partial charge in [0.05, 0.1) is 16.6 Å². The molecule has 0 fully saturated rings. The van der Waals surface area contributed by atoms with E-state index in [0.717, 1.165) is 11.1 Å². The lowest BCUT2D eigenvalue weighted by atomic mass is 10.1. The number of nitrogens with zero attached hydrogens (tertiary/aromatic N) is 3. The van der Waals surface area contributed by atoms with Crippen LogP contribution in [0.25, 0.3) is 10.9 Å². The molecule has 1 aromatic heterocycles. The number of halogens is 1. The van der Waals surface area contributed by atoms with Gasteiger partial charge in [-0.15, -0.1) is 0 Å². The summed E-state index contributed by atoms with van der Waals surface area (Å²) in [4.78, 5) is 10.8. The van der Waals surface area contributed by atoms with E-state index in [1.165, 1.54) is 6.07 Å². The van der Waals surface area contributed by atoms with Crippen LogP contribution in [0.15, 0.2) is 60.8 Å². The molecule has 0 spiro atoms. The number of hydrogen-bond donors (Lipinski definition) is 0. The highest BCUT2D eigenvalue weighted by Crippen LogP contribution is 2.22. The maximum atomic E-state index is 11.1. The van der Waals surface area contributed by atoms with Crippen LogP contribution in [0.3, 0.4) is 0 Å². The van der Waals surface area contributed by atoms with Crippen LogP contribution >= 0.6 is 0 Å². The van der Waals surface area contributed by atoms with Crippen molar-refractivity contribution < 1.29 is 26.5 Å². The van der Waals surface area contributed by atoms with Crippen LogP contribution in [0.1, 0.15) is 11.1 Å². The minimum absolute atomic E-state index is 0. The molecule has 2 aromatic carbocycles. The van der Waals surface area contributed by atoms with E-state index in [0.29, 0.717) is 17.5 Å². The molecular weight excluding hydrogens is 358 g/mol. The minimum atomic E-state index is -0.367. The van der Waals surface area contributed by atoms with Gasteiger partial charge in [0, 0.05) is 23.8 Å². The van der Waals surface area contributed by atoms with Crippen molar-refractivity contribution in [3.8, 4) is 6.07 Å². The maximum Gasteiger partial charge on any atom is 0.283 e. The van der Waals surface area contributed by atoms with Crippen LogP contribution in [-0.2, 0) is 6.54 Å². The molecule has 3 aromatic rings. The van der Waals surface area contributed by atoms with E-state index >= 15 is 0 Å². The molecule has 6 heteroatoms. The topological polar surface area (TPSA) is 70.8 Å². The molecule has 0 atom stereocenters. The monoisotopic (exact) mass is 369 g/mol. The summed E-state index contributed by atoms with van der Waals surface area (Å²) >= 11 is 0. The van der Waals surface area contributed by atoms with Gasteiger partial charge in [-0.3, -0.25) is 10.1 Å². The molecule has 0 saturated heterocycles. The van der Waals surface area contributed by atoms with Crippen LogP contribution in [0, 0.1) is 21.4 Å². The molecule has 23 heavy (non-hydrogen) atoms. The first-order valence-corrected chi connectivity index (χ1v) is 6.73. The van der Waals surface area contributed by atoms with Crippen LogP contribution in [0.2, 0.25) is 0 Å². The Kier molecular flexibility index (Phi) is 5.04. The van der Waals surface area contributed by atoms with E-state index in [4.69, 9.17) is 5.26 Å². The highest BCUT2D eigenvalue weighted by Gasteiger charge is 2.17. The number of hydrogen-bond acceptors (Lipinski definition) is 3. The number of non-ortho nitro benzene ring substituents is 1. The Bertz CT molecular complexity index is 902. The second-order valence-electron chi connectivity index (χ2n) is 4.91. The summed E-state index contributed by atoms with van der Waals surface area (Å²) in [6.07, 6.45) is 1.89. The second kappa shape index (κ2) is 6.99. The zero-order valence-corrected chi connectivity index (χ0v) is 13.6. The smallest absolute Gasteiger partial charge is 0.283 e. The highest BCUT2D eigenvalue weighted by atomic mass is 79.9. The standard InChI is InChI=1S/C17H12N3O2.BrH/c18-11-13-6-8-14(9-7-13)12-19-10-2-3-15-16(19)4-1-5-17(15)20(21)22;/h1-10H,12H2;1H/q+1;/p-1. The van der Waals surface area contributed by atoms with Crippen molar-refractivity contribution in [2.45, 2.75) is 6.54 Å². The molecule has 0 amide bonds. The summed E-state index contributed by atoms with van der Waals surface area (Å²) in [6, 6.07) is 18.0. The predicted octanol–water partition coefficient (Wildman–Crippen LogP) is -0.0405. The number of rotatable bonds is 3. The average Bonchev–Trinajstić information content (AvgIpc) is 2.55. The molecular formula is C17H12BrN3O2. The number of aromatic nitrogens is 1. The van der Waals surface area contributed by atoms with Gasteiger partial charge < -0.3 is 17.0 Å². The van der Waals surface area contributed by atoms with Gasteiger partial charge >= 0.3 is 0 Å². The van der Waals surface area contributed by atoms with E-state index in [-0.39, 0.29) is 27.6 Å². The lowest BCUT2D eigenvalue weighted by Crippen LogP contribution is -3.00. The predicted molar refractivity (Wildman–Crippen MR) is 81.1 cm³/mol. The van der Waals surface area contributed by atoms with Gasteiger partial charge in [-0.2, -0.15) is 9.83 Å². The molecule has 0 N–H and O–H groups in total. The highest BCUT2D eigenvalue weighted by molar-refractivity contribution is 5.85. The summed E-state index contributed by atoms with van der Waals surface area (Å²) in [5.74, 6) is 0. The molecule has 0 unspecified atom stereocenters. The zero-order valence-electron chi connectivity index (χ0n) is 12.0. The Morgan fingerprint density at radius 3 is 2.48 bits per heavy atom. The molecule has 5 nitrogen and oxygen atoms in total. The summed E-state index contributed by atoms with van der Waals surface area (Å²) in [5.41, 5.74) is 2.55. The van der Waals surface area contributed by atoms with Gasteiger partial charge in [0.2, 0.25) is 5.52 Å². The molecule has 0 saturated carbocycles. The van der Waals surface area contributed by atoms with Crippen LogP contribution in [0.5, 0.6) is 0 Å². The lowest BCUT2D eigenvalue weighted by Gasteiger charge is -2.02. The Labute approximate surface area is 143 Å². The fourth-order valence-corrected chi connectivity index (χ4v) is 2.46. The molecule has 0 aliphatic carbocycles. The number of nitro benzene ring substituents is 1. The molecule has 114 valence electrons. The number of nitriles is 1. The van der Waals surface area contributed by atoms with Crippen molar-refractivity contribution in [3.05, 3.63) is 82.0 Å². The van der Waals surface area contributed by atoms with Gasteiger partial charge in [-0.25, -0.2) is 0 Å². The number of fused-ring (bicyclic) bond motifs is 1. The second-order valence-corrected chi connectivity index (χ2v) is 4.91. The Balaban J connectivity index is 0.00000192. The SMILES string of the molecule is N#Cc1ccc(C[n+]2cccc3c([N+](=O)[O-])cccc32)cc1.[Br-]. The van der Waals surface area contributed by atoms with E-state index in [9.17, 15) is 10.1 Å². The fraction of sp³-hybridized carbons (Fsp3) is 0.0588. The van der Waals surface area contributed by atoms with Crippen molar-refractivity contribution >= 4 is 16.6 Å². The maximum absolute atomic E-state index is 11.1. The average molecular weight is 370 g/mol. The third kappa shape index (κ3) is 3.35. The quantitative estimate of drug-likeness (QED) is 0.369. The fourth-order valence-electron chi connectivity index (χ4n) is 2.46. The minimum Gasteiger partial charge on any atom is -1.00 e. The van der Waals surface area contributed by atoms with Gasteiger partial charge in [-0.1, -0.05) is 12.1 Å². The van der Waals surface area contributed by atoms with E-state index < -0.39 is 0 Å². The number of pyridine rings is 1. The molecule has 0 aliphatic heterocycles. The van der Waals surface area contributed by atoms with E-state index in [2.05, 4.69) is 6.07 Å². The van der Waals surface area contributed by atoms with Gasteiger partial charge in [0.25, 0.3) is 5.69 Å². The van der Waals surface area contributed by atoms with Crippen molar-refractivity contribution in [1.29, 1.82) is 5.26 Å². The van der Waals surface area contributed by atoms with Crippen LogP contribution < -0.4 is 21.5 Å². The molecule has 0 radical (unpaired) electrons. The molecule has 0 aliphatic rings. The Hall–Kier alpha value is -2.78. The Morgan fingerprint density at radius 1 is 1.09 bits per heavy atom. The first-order valence-electron chi connectivity index (χ1n) is 6.73. The Morgan fingerprint density at radius 2 is 1.83 bits per heavy atom. The molecule has 0 bridgehead atoms. The summed E-state index contributed by atoms with van der Waals surface area (Å²) < 4.78 is 1.96. The first-order chi connectivity index (χ1) is 10.7. The summed E-state index contributed by atoms with van der Waals surface area (Å²) in [6.45, 7) is 0.588. The number of benzene rings is 2. The van der Waals surface area contributed by atoms with Crippen molar-refractivity contribution in [1.82, 2.24) is 0 Å². The van der Waals surface area contributed by atoms with Gasteiger partial charge in [0.15, 0.2) is 12.7 Å². The molecule has 3 rings (SSSR count). The van der Waals surface area contributed by atoms with E-state index in [1.807, 2.05) is 29.0 Å². The lowest BCUT2D eigenvalue weighted by molar-refractivity contribution is -0.662. The van der Waals surface area contributed by atoms with Crippen LogP contribution in [-0.4, -0.2) is 4.92 Å². The largest absolute Gasteiger partial charge is 1.00 e. The van der Waals surface area contributed by atoms with Crippen LogP contribution in [0.4, 0.5) is 5.69 Å². The van der Waals surface area contributed by atoms with Gasteiger partial charge in [0.1, 0.15) is 5.39 Å². The van der Waals surface area contributed by atoms with Crippen molar-refractivity contribution in [2.24, 2.45) is 0 Å². The zero-order chi connectivity index (χ0) is 15.5. The van der Waals surface area contributed by atoms with Gasteiger partial charge in [-0.05, 0) is 24.3 Å². The normalized spacial score (nSPS) is 9.87. The van der Waals surface area contributed by atoms with Crippen molar-refractivity contribution in [3.63, 3.8) is 0 Å². The summed E-state index contributed by atoms with van der Waals surface area (Å²) in [7, 11) is 0. The third-order valence-electron chi connectivity index (χ3n) is 3.53. The van der Waals surface area contributed by atoms with Crippen molar-refractivity contribution in [2.75, 3.05) is 0 Å². The molecule has 1 heterocycles. The van der Waals surface area contributed by atoms with E-state index in [1.54, 1.807) is 30.3 Å².